The Hall–Kier alpha value is -2.13. The largest absolute Gasteiger partial charge is 0.481 e. The molecule has 0 atom stereocenters. The average molecular weight is 293 g/mol. The van der Waals surface area contributed by atoms with Gasteiger partial charge in [0.2, 0.25) is 0 Å². The van der Waals surface area contributed by atoms with E-state index in [0.717, 1.165) is 13.8 Å². The lowest BCUT2D eigenvalue weighted by atomic mass is 10.3. The van der Waals surface area contributed by atoms with E-state index in [1.165, 1.54) is 12.1 Å². The van der Waals surface area contributed by atoms with Gasteiger partial charge in [0.25, 0.3) is 11.9 Å². The van der Waals surface area contributed by atoms with Crippen molar-refractivity contribution in [3.05, 3.63) is 30.3 Å². The topological polar surface area (TPSA) is 141 Å². The zero-order valence-electron chi connectivity index (χ0n) is 10.3. The van der Waals surface area contributed by atoms with Gasteiger partial charge in [-0.05, 0) is 12.1 Å². The first-order valence-corrected chi connectivity index (χ1v) is 6.18. The molecule has 0 heterocycles. The Balaban J connectivity index is 0. The normalized spacial score (nSPS) is 9.00. The summed E-state index contributed by atoms with van der Waals surface area (Å²) in [4.78, 5) is 18.0. The molecule has 0 aliphatic rings. The van der Waals surface area contributed by atoms with Crippen LogP contribution >= 0.6 is 0 Å². The molecule has 1 aromatic carbocycles. The van der Waals surface area contributed by atoms with E-state index in [1.54, 1.807) is 18.2 Å². The van der Waals surface area contributed by atoms with Gasteiger partial charge in [-0.3, -0.25) is 18.9 Å². The van der Waals surface area contributed by atoms with Crippen LogP contribution in [0.4, 0.5) is 5.69 Å². The van der Waals surface area contributed by atoms with Crippen LogP contribution in [-0.2, 0) is 19.9 Å². The molecule has 0 saturated carbocycles. The first kappa shape index (κ1) is 19.2. The van der Waals surface area contributed by atoms with Gasteiger partial charge in [-0.25, -0.2) is 0 Å². The molecule has 0 saturated heterocycles. The minimum absolute atomic E-state index is 0.343. The average Bonchev–Trinajstić information content (AvgIpc) is 2.14. The molecule has 0 fully saturated rings. The zero-order chi connectivity index (χ0) is 15.5. The van der Waals surface area contributed by atoms with E-state index in [1.807, 2.05) is 4.72 Å². The second kappa shape index (κ2) is 9.85. The van der Waals surface area contributed by atoms with Crippen molar-refractivity contribution in [2.24, 2.45) is 0 Å². The number of aliphatic carboxylic acids is 2. The molecule has 19 heavy (non-hydrogen) atoms. The van der Waals surface area contributed by atoms with Crippen molar-refractivity contribution in [1.82, 2.24) is 0 Å². The van der Waals surface area contributed by atoms with Gasteiger partial charge in [0.15, 0.2) is 0 Å². The lowest BCUT2D eigenvalue weighted by Gasteiger charge is -1.99. The van der Waals surface area contributed by atoms with E-state index in [4.69, 9.17) is 24.4 Å². The molecule has 1 rings (SSSR count). The highest BCUT2D eigenvalue weighted by atomic mass is 32.2. The summed E-state index contributed by atoms with van der Waals surface area (Å²) in [5.41, 5.74) is 0.343. The van der Waals surface area contributed by atoms with E-state index >= 15 is 0 Å². The summed E-state index contributed by atoms with van der Waals surface area (Å²) < 4.78 is 30.7. The molecule has 1 aromatic rings. The van der Waals surface area contributed by atoms with E-state index in [0.29, 0.717) is 5.69 Å². The molecule has 0 aliphatic carbocycles. The summed E-state index contributed by atoms with van der Waals surface area (Å²) >= 11 is 0. The predicted molar refractivity (Wildman–Crippen MR) is 68.2 cm³/mol. The molecule has 0 unspecified atom stereocenters. The quantitative estimate of drug-likeness (QED) is 0.598. The van der Waals surface area contributed by atoms with Crippen LogP contribution in [0.2, 0.25) is 0 Å². The molecule has 0 aliphatic heterocycles. The molecule has 4 N–H and O–H groups in total. The highest BCUT2D eigenvalue weighted by molar-refractivity contribution is 7.87. The summed E-state index contributed by atoms with van der Waals surface area (Å²) in [6, 6.07) is 8.14. The van der Waals surface area contributed by atoms with Gasteiger partial charge >= 0.3 is 10.3 Å². The number of rotatable bonds is 2. The highest BCUT2D eigenvalue weighted by Crippen LogP contribution is 2.05. The van der Waals surface area contributed by atoms with Crippen molar-refractivity contribution in [3.63, 3.8) is 0 Å². The Labute approximate surface area is 110 Å². The molecular formula is C10H15NO7S. The van der Waals surface area contributed by atoms with E-state index in [9.17, 15) is 8.42 Å². The number of para-hydroxylation sites is 1. The molecule has 8 nitrogen and oxygen atoms in total. The first-order chi connectivity index (χ1) is 8.54. The Kier molecular flexibility index (Phi) is 9.97. The summed E-state index contributed by atoms with van der Waals surface area (Å²) in [5, 5.41) is 14.8. The van der Waals surface area contributed by atoms with Crippen LogP contribution < -0.4 is 4.72 Å². The zero-order valence-corrected chi connectivity index (χ0v) is 11.1. The van der Waals surface area contributed by atoms with E-state index in [-0.39, 0.29) is 0 Å². The number of hydrogen-bond donors (Lipinski definition) is 4. The maximum atomic E-state index is 10.2. The van der Waals surface area contributed by atoms with Crippen molar-refractivity contribution in [1.29, 1.82) is 0 Å². The number of carboxylic acid groups (broad SMARTS) is 2. The van der Waals surface area contributed by atoms with Crippen molar-refractivity contribution in [2.45, 2.75) is 13.8 Å². The van der Waals surface area contributed by atoms with Gasteiger partial charge < -0.3 is 10.2 Å². The summed E-state index contributed by atoms with van der Waals surface area (Å²) in [6.45, 7) is 2.17. The smallest absolute Gasteiger partial charge is 0.357 e. The standard InChI is InChI=1S/C6H7NO3S.2C2H4O2/c8-11(9,10)7-6-4-2-1-3-5-6;2*1-2(3)4/h1-5,7H,(H,8,9,10);2*1H3,(H,3,4). The fraction of sp³-hybridized carbons (Fsp3) is 0.200. The molecule has 0 spiro atoms. The molecule has 108 valence electrons. The van der Waals surface area contributed by atoms with Crippen LogP contribution in [0.1, 0.15) is 13.8 Å². The Morgan fingerprint density at radius 2 is 1.32 bits per heavy atom. The van der Waals surface area contributed by atoms with Crippen LogP contribution in [0.3, 0.4) is 0 Å². The first-order valence-electron chi connectivity index (χ1n) is 4.74. The van der Waals surface area contributed by atoms with Gasteiger partial charge in [0, 0.05) is 13.8 Å². The molecule has 0 aromatic heterocycles. The number of nitrogens with one attached hydrogen (secondary N) is 1. The lowest BCUT2D eigenvalue weighted by molar-refractivity contribution is -0.135. The second-order valence-corrected chi connectivity index (χ2v) is 4.14. The SMILES string of the molecule is CC(=O)O.CC(=O)O.O=S(=O)(O)Nc1ccccc1. The summed E-state index contributed by atoms with van der Waals surface area (Å²) in [6.07, 6.45) is 0. The van der Waals surface area contributed by atoms with Crippen molar-refractivity contribution < 1.29 is 32.8 Å². The van der Waals surface area contributed by atoms with Crippen LogP contribution in [0.15, 0.2) is 30.3 Å². The van der Waals surface area contributed by atoms with Gasteiger partial charge in [-0.2, -0.15) is 8.42 Å². The molecule has 0 amide bonds. The fourth-order valence-corrected chi connectivity index (χ4v) is 1.09. The summed E-state index contributed by atoms with van der Waals surface area (Å²) in [5.74, 6) is -1.67. The number of carboxylic acids is 2. The van der Waals surface area contributed by atoms with Crippen molar-refractivity contribution in [3.8, 4) is 0 Å². The fourth-order valence-electron chi connectivity index (χ4n) is 0.655. The van der Waals surface area contributed by atoms with Crippen molar-refractivity contribution >= 4 is 27.9 Å². The lowest BCUT2D eigenvalue weighted by Crippen LogP contribution is -2.09. The number of anilines is 1. The van der Waals surface area contributed by atoms with Crippen LogP contribution in [-0.4, -0.2) is 35.1 Å². The third-order valence-corrected chi connectivity index (χ3v) is 1.51. The van der Waals surface area contributed by atoms with Crippen LogP contribution in [0.5, 0.6) is 0 Å². The number of benzene rings is 1. The monoisotopic (exact) mass is 293 g/mol. The predicted octanol–water partition coefficient (Wildman–Crippen LogP) is 1.08. The third kappa shape index (κ3) is 25.8. The molecule has 9 heteroatoms. The Morgan fingerprint density at radius 1 is 1.00 bits per heavy atom. The Morgan fingerprint density at radius 3 is 1.58 bits per heavy atom. The summed E-state index contributed by atoms with van der Waals surface area (Å²) in [7, 11) is -4.13. The van der Waals surface area contributed by atoms with Crippen LogP contribution in [0, 0.1) is 0 Å². The molecule has 0 bridgehead atoms. The molecule has 0 radical (unpaired) electrons. The van der Waals surface area contributed by atoms with Gasteiger partial charge in [0.05, 0.1) is 5.69 Å². The minimum Gasteiger partial charge on any atom is -0.481 e. The van der Waals surface area contributed by atoms with Gasteiger partial charge in [0.1, 0.15) is 0 Å². The van der Waals surface area contributed by atoms with Crippen LogP contribution in [0.25, 0.3) is 0 Å². The van der Waals surface area contributed by atoms with Crippen molar-refractivity contribution in [2.75, 3.05) is 4.72 Å². The van der Waals surface area contributed by atoms with E-state index in [2.05, 4.69) is 0 Å². The highest BCUT2D eigenvalue weighted by Gasteiger charge is 2.00. The van der Waals surface area contributed by atoms with Gasteiger partial charge in [-0.15, -0.1) is 0 Å². The second-order valence-electron chi connectivity index (χ2n) is 2.98. The Bertz CT molecular complexity index is 464. The maximum absolute atomic E-state index is 10.2. The van der Waals surface area contributed by atoms with E-state index < -0.39 is 22.2 Å². The van der Waals surface area contributed by atoms with Gasteiger partial charge in [-0.1, -0.05) is 18.2 Å². The number of hydrogen-bond acceptors (Lipinski definition) is 4. The molecular weight excluding hydrogens is 278 g/mol. The minimum atomic E-state index is -4.13. The number of carbonyl (C=O) groups is 2. The maximum Gasteiger partial charge on any atom is 0.357 e. The third-order valence-electron chi connectivity index (χ3n) is 1.02.